The molecule has 182 valence electrons. The van der Waals surface area contributed by atoms with E-state index in [4.69, 9.17) is 9.40 Å². The second-order valence-electron chi connectivity index (χ2n) is 8.58. The Morgan fingerprint density at radius 1 is 0.972 bits per heavy atom. The Kier molecular flexibility index (Phi) is 7.18. The number of carbonyl (C=O) groups excluding carboxylic acids is 1. The van der Waals surface area contributed by atoms with Crippen LogP contribution >= 0.6 is 11.8 Å². The molecule has 5 rings (SSSR count). The number of anilines is 1. The maximum Gasteiger partial charge on any atom is 0.291 e. The van der Waals surface area contributed by atoms with Crippen molar-refractivity contribution in [3.8, 4) is 0 Å². The number of aromatic nitrogens is 2. The van der Waals surface area contributed by atoms with Gasteiger partial charge in [-0.3, -0.25) is 4.79 Å². The van der Waals surface area contributed by atoms with Crippen molar-refractivity contribution in [2.75, 3.05) is 5.32 Å². The van der Waals surface area contributed by atoms with Crippen LogP contribution in [-0.4, -0.2) is 15.5 Å². The van der Waals surface area contributed by atoms with Crippen molar-refractivity contribution in [1.29, 1.82) is 0 Å². The fourth-order valence-electron chi connectivity index (χ4n) is 4.10. The highest BCUT2D eigenvalue weighted by atomic mass is 32.2. The standard InChI is InChI=1S/C29H26FN3O2S/c1-33-26-14-12-22(17-25(26)32-28(33)16-11-20-7-3-2-4-8-20)31-29(34)27-15-13-23(35-27)19-36-18-21-9-5-6-10-24(21)30/h2-10,12-15,17H,11,16,18-19H2,1H3,(H,31,34). The fraction of sp³-hybridized carbons (Fsp3) is 0.172. The largest absolute Gasteiger partial charge is 0.455 e. The van der Waals surface area contributed by atoms with Crippen LogP contribution < -0.4 is 5.32 Å². The third kappa shape index (κ3) is 5.52. The van der Waals surface area contributed by atoms with Gasteiger partial charge in [0.15, 0.2) is 5.76 Å². The predicted octanol–water partition coefficient (Wildman–Crippen LogP) is 6.78. The maximum atomic E-state index is 13.8. The topological polar surface area (TPSA) is 60.1 Å². The first-order valence-corrected chi connectivity index (χ1v) is 12.9. The molecule has 0 radical (unpaired) electrons. The minimum absolute atomic E-state index is 0.210. The summed E-state index contributed by atoms with van der Waals surface area (Å²) in [7, 11) is 2.02. The van der Waals surface area contributed by atoms with Gasteiger partial charge in [-0.15, -0.1) is 11.8 Å². The number of halogens is 1. The molecule has 0 aliphatic heterocycles. The van der Waals surface area contributed by atoms with Gasteiger partial charge in [-0.2, -0.15) is 0 Å². The van der Waals surface area contributed by atoms with Crippen LogP contribution in [0.1, 0.15) is 33.3 Å². The van der Waals surface area contributed by atoms with Gasteiger partial charge in [0, 0.05) is 24.9 Å². The minimum atomic E-state index is -0.320. The van der Waals surface area contributed by atoms with Crippen LogP contribution in [-0.2, 0) is 31.4 Å². The Balaban J connectivity index is 1.20. The average Bonchev–Trinajstić information content (AvgIpc) is 3.49. The highest BCUT2D eigenvalue weighted by Crippen LogP contribution is 2.23. The molecule has 0 spiro atoms. The summed E-state index contributed by atoms with van der Waals surface area (Å²) in [5.41, 5.74) is 4.44. The number of aryl methyl sites for hydroxylation is 3. The second-order valence-corrected chi connectivity index (χ2v) is 9.57. The zero-order valence-corrected chi connectivity index (χ0v) is 20.7. The molecule has 7 heteroatoms. The number of nitrogens with zero attached hydrogens (tertiary/aromatic N) is 2. The number of nitrogens with one attached hydrogen (secondary N) is 1. The molecule has 2 heterocycles. The van der Waals surface area contributed by atoms with Gasteiger partial charge < -0.3 is 14.3 Å². The van der Waals surface area contributed by atoms with Gasteiger partial charge in [0.05, 0.1) is 16.8 Å². The van der Waals surface area contributed by atoms with Gasteiger partial charge in [-0.1, -0.05) is 48.5 Å². The summed E-state index contributed by atoms with van der Waals surface area (Å²) in [6.07, 6.45) is 1.75. The van der Waals surface area contributed by atoms with Gasteiger partial charge >= 0.3 is 0 Å². The molecule has 5 nitrogen and oxygen atoms in total. The van der Waals surface area contributed by atoms with Crippen molar-refractivity contribution in [3.63, 3.8) is 0 Å². The molecular weight excluding hydrogens is 473 g/mol. The average molecular weight is 500 g/mol. The Labute approximate surface area is 213 Å². The first-order valence-electron chi connectivity index (χ1n) is 11.8. The van der Waals surface area contributed by atoms with E-state index in [1.165, 1.54) is 23.4 Å². The number of rotatable bonds is 9. The molecule has 3 aromatic carbocycles. The van der Waals surface area contributed by atoms with Crippen molar-refractivity contribution in [2.24, 2.45) is 7.05 Å². The molecule has 1 amide bonds. The summed E-state index contributed by atoms with van der Waals surface area (Å²) in [6, 6.07) is 26.3. The quantitative estimate of drug-likeness (QED) is 0.243. The Bertz CT molecular complexity index is 1490. The fourth-order valence-corrected chi connectivity index (χ4v) is 5.01. The number of hydrogen-bond acceptors (Lipinski definition) is 4. The van der Waals surface area contributed by atoms with Crippen molar-refractivity contribution >= 4 is 34.4 Å². The number of hydrogen-bond donors (Lipinski definition) is 1. The van der Waals surface area contributed by atoms with Gasteiger partial charge in [0.2, 0.25) is 0 Å². The van der Waals surface area contributed by atoms with Gasteiger partial charge in [0.25, 0.3) is 5.91 Å². The lowest BCUT2D eigenvalue weighted by molar-refractivity contribution is 0.0995. The SMILES string of the molecule is Cn1c(CCc2ccccc2)nc2cc(NC(=O)c3ccc(CSCc4ccccc4F)o3)ccc21. The Morgan fingerprint density at radius 3 is 2.61 bits per heavy atom. The highest BCUT2D eigenvalue weighted by molar-refractivity contribution is 7.97. The van der Waals surface area contributed by atoms with Crippen molar-refractivity contribution in [1.82, 2.24) is 9.55 Å². The predicted molar refractivity (Wildman–Crippen MR) is 143 cm³/mol. The van der Waals surface area contributed by atoms with Gasteiger partial charge in [-0.25, -0.2) is 9.37 Å². The van der Waals surface area contributed by atoms with Crippen LogP contribution in [0.2, 0.25) is 0 Å². The minimum Gasteiger partial charge on any atom is -0.455 e. The Morgan fingerprint density at radius 2 is 1.78 bits per heavy atom. The first-order chi connectivity index (χ1) is 17.6. The van der Waals surface area contributed by atoms with Crippen molar-refractivity contribution < 1.29 is 13.6 Å². The molecule has 2 aromatic heterocycles. The van der Waals surface area contributed by atoms with Crippen LogP contribution in [0.15, 0.2) is 89.3 Å². The molecule has 5 aromatic rings. The third-order valence-electron chi connectivity index (χ3n) is 6.06. The molecule has 0 atom stereocenters. The molecule has 0 aliphatic rings. The van der Waals surface area contributed by atoms with Gasteiger partial charge in [0.1, 0.15) is 17.4 Å². The molecule has 36 heavy (non-hydrogen) atoms. The number of amides is 1. The number of furan rings is 1. The summed E-state index contributed by atoms with van der Waals surface area (Å²) < 4.78 is 21.6. The van der Waals surface area contributed by atoms with E-state index in [0.29, 0.717) is 28.5 Å². The number of carbonyl (C=O) groups is 1. The van der Waals surface area contributed by atoms with E-state index < -0.39 is 0 Å². The van der Waals surface area contributed by atoms with E-state index in [-0.39, 0.29) is 17.5 Å². The van der Waals surface area contributed by atoms with E-state index in [0.717, 1.165) is 29.7 Å². The lowest BCUT2D eigenvalue weighted by atomic mass is 10.1. The van der Waals surface area contributed by atoms with Crippen molar-refractivity contribution in [2.45, 2.75) is 24.3 Å². The summed E-state index contributed by atoms with van der Waals surface area (Å²) in [4.78, 5) is 17.5. The monoisotopic (exact) mass is 499 g/mol. The van der Waals surface area contributed by atoms with Crippen LogP contribution in [0, 0.1) is 5.82 Å². The molecule has 0 unspecified atom stereocenters. The first kappa shape index (κ1) is 23.9. The molecule has 0 bridgehead atoms. The van der Waals surface area contributed by atoms with Crippen LogP contribution in [0.5, 0.6) is 0 Å². The number of thioether (sulfide) groups is 1. The molecule has 0 saturated carbocycles. The highest BCUT2D eigenvalue weighted by Gasteiger charge is 2.14. The summed E-state index contributed by atoms with van der Waals surface area (Å²) in [6.45, 7) is 0. The summed E-state index contributed by atoms with van der Waals surface area (Å²) >= 11 is 1.53. The lowest BCUT2D eigenvalue weighted by Crippen LogP contribution is -2.10. The van der Waals surface area contributed by atoms with E-state index in [2.05, 4.69) is 22.0 Å². The third-order valence-corrected chi connectivity index (χ3v) is 7.06. The van der Waals surface area contributed by atoms with E-state index in [1.54, 1.807) is 24.3 Å². The van der Waals surface area contributed by atoms with E-state index >= 15 is 0 Å². The molecule has 1 N–H and O–H groups in total. The molecule has 0 saturated heterocycles. The summed E-state index contributed by atoms with van der Waals surface area (Å²) in [5, 5.41) is 2.90. The van der Waals surface area contributed by atoms with Crippen LogP contribution in [0.4, 0.5) is 10.1 Å². The van der Waals surface area contributed by atoms with E-state index in [1.807, 2.05) is 49.5 Å². The zero-order valence-electron chi connectivity index (χ0n) is 19.9. The number of benzene rings is 3. The number of imidazole rings is 1. The normalized spacial score (nSPS) is 11.2. The smallest absolute Gasteiger partial charge is 0.291 e. The molecular formula is C29H26FN3O2S. The van der Waals surface area contributed by atoms with Crippen LogP contribution in [0.3, 0.4) is 0 Å². The van der Waals surface area contributed by atoms with E-state index in [9.17, 15) is 9.18 Å². The molecule has 0 fully saturated rings. The lowest BCUT2D eigenvalue weighted by Gasteiger charge is -2.04. The summed E-state index contributed by atoms with van der Waals surface area (Å²) in [5.74, 6) is 2.46. The van der Waals surface area contributed by atoms with Crippen molar-refractivity contribution in [3.05, 3.63) is 119 Å². The van der Waals surface area contributed by atoms with Gasteiger partial charge in [-0.05, 0) is 53.9 Å². The Hall–Kier alpha value is -3.84. The second kappa shape index (κ2) is 10.8. The zero-order chi connectivity index (χ0) is 24.9. The maximum absolute atomic E-state index is 13.8. The van der Waals surface area contributed by atoms with Crippen LogP contribution in [0.25, 0.3) is 11.0 Å². The number of fused-ring (bicyclic) bond motifs is 1. The molecule has 0 aliphatic carbocycles.